The molecule has 0 spiro atoms. The lowest BCUT2D eigenvalue weighted by molar-refractivity contribution is -0.143. The highest BCUT2D eigenvalue weighted by molar-refractivity contribution is 7.14. The molecule has 4 aliphatic rings. The summed E-state index contributed by atoms with van der Waals surface area (Å²) in [6, 6.07) is 4.28. The molecule has 0 saturated carbocycles. The number of carbonyl (C=O) groups excluding carboxylic acids is 3. The molecule has 46 heavy (non-hydrogen) atoms. The summed E-state index contributed by atoms with van der Waals surface area (Å²) in [7, 11) is 0. The van der Waals surface area contributed by atoms with Crippen LogP contribution in [-0.2, 0) is 28.7 Å². The van der Waals surface area contributed by atoms with E-state index in [1.807, 2.05) is 16.3 Å². The Morgan fingerprint density at radius 2 is 1.65 bits per heavy atom. The van der Waals surface area contributed by atoms with E-state index in [0.29, 0.717) is 51.6 Å². The molecule has 3 saturated heterocycles. The Morgan fingerprint density at radius 3 is 2.33 bits per heavy atom. The van der Waals surface area contributed by atoms with Crippen molar-refractivity contribution in [1.82, 2.24) is 19.6 Å². The Bertz CT molecular complexity index is 1450. The first kappa shape index (κ1) is 32.9. The molecule has 2 aromatic rings. The van der Waals surface area contributed by atoms with Crippen LogP contribution in [0.15, 0.2) is 23.6 Å². The van der Waals surface area contributed by atoms with E-state index < -0.39 is 28.4 Å². The van der Waals surface area contributed by atoms with Crippen molar-refractivity contribution in [1.29, 1.82) is 0 Å². The van der Waals surface area contributed by atoms with Gasteiger partial charge in [-0.3, -0.25) is 14.9 Å². The molecule has 1 aromatic heterocycles. The van der Waals surface area contributed by atoms with Crippen LogP contribution in [-0.4, -0.2) is 93.9 Å². The third kappa shape index (κ3) is 7.11. The minimum atomic E-state index is -4.84. The summed E-state index contributed by atoms with van der Waals surface area (Å²) in [5.74, 6) is -2.44. The van der Waals surface area contributed by atoms with Gasteiger partial charge in [0.2, 0.25) is 11.8 Å². The number of nitrogens with zero attached hydrogens (tertiary/aromatic N) is 4. The van der Waals surface area contributed by atoms with Gasteiger partial charge in [-0.25, -0.2) is 4.79 Å². The Hall–Kier alpha value is -3.03. The molecular weight excluding hydrogens is 643 g/mol. The van der Waals surface area contributed by atoms with E-state index in [-0.39, 0.29) is 42.3 Å². The van der Waals surface area contributed by atoms with E-state index in [0.717, 1.165) is 42.6 Å². The number of hydrogen-bond donors (Lipinski definition) is 2. The standard InChI is InChI=1S/C32H39ClF3N5O4S/c33-26-17-20(16-25(28(26)43)32(34,35)36)15-22(30(44)40-12-3-23(4-13-40)38-8-1-2-9-38)18-27(42)39-10-5-24(6-11-39)41-19-21-7-14-46-29(21)37-31(41)45/h7,14,16-17,22-24,43H,1-6,8-13,15,18-19H2,(H,37,45)/t22-/m0/s1. The summed E-state index contributed by atoms with van der Waals surface area (Å²) in [5, 5.41) is 15.3. The molecular formula is C32H39ClF3N5O4S. The van der Waals surface area contributed by atoms with Gasteiger partial charge in [-0.15, -0.1) is 11.3 Å². The highest BCUT2D eigenvalue weighted by atomic mass is 35.5. The SMILES string of the molecule is O=C(C[C@H](Cc1cc(Cl)c(O)c(C(F)(F)F)c1)C(=O)N1CCC(N2CCCC2)CC1)N1CCC(N2Cc3ccsc3NC2=O)CC1. The van der Waals surface area contributed by atoms with Crippen LogP contribution < -0.4 is 5.32 Å². The summed E-state index contributed by atoms with van der Waals surface area (Å²) >= 11 is 7.48. The van der Waals surface area contributed by atoms with Crippen LogP contribution in [0.25, 0.3) is 0 Å². The van der Waals surface area contributed by atoms with Gasteiger partial charge in [-0.2, -0.15) is 13.2 Å². The van der Waals surface area contributed by atoms with Gasteiger partial charge in [0.15, 0.2) is 0 Å². The number of phenols is 1. The maximum Gasteiger partial charge on any atom is 0.420 e. The van der Waals surface area contributed by atoms with Crippen LogP contribution >= 0.6 is 22.9 Å². The summed E-state index contributed by atoms with van der Waals surface area (Å²) < 4.78 is 41.0. The van der Waals surface area contributed by atoms with Gasteiger partial charge in [0.25, 0.3) is 0 Å². The zero-order chi connectivity index (χ0) is 32.6. The van der Waals surface area contributed by atoms with Crippen molar-refractivity contribution in [3.8, 4) is 5.75 Å². The lowest BCUT2D eigenvalue weighted by Gasteiger charge is -2.40. The summed E-state index contributed by atoms with van der Waals surface area (Å²) in [4.78, 5) is 48.0. The number of phenolic OH excluding ortho intramolecular Hbond substituents is 1. The van der Waals surface area contributed by atoms with Crippen molar-refractivity contribution in [3.05, 3.63) is 45.3 Å². The van der Waals surface area contributed by atoms with Crippen molar-refractivity contribution >= 4 is 45.8 Å². The second kappa shape index (κ2) is 13.6. The molecule has 9 nitrogen and oxygen atoms in total. The molecule has 2 N–H and O–H groups in total. The second-order valence-electron chi connectivity index (χ2n) is 12.8. The number of amides is 4. The van der Waals surface area contributed by atoms with E-state index in [1.165, 1.54) is 30.2 Å². The lowest BCUT2D eigenvalue weighted by atomic mass is 9.91. The topological polar surface area (TPSA) is 96.4 Å². The van der Waals surface area contributed by atoms with Crippen LogP contribution in [0.5, 0.6) is 5.75 Å². The van der Waals surface area contributed by atoms with Gasteiger partial charge in [-0.05, 0) is 87.2 Å². The van der Waals surface area contributed by atoms with E-state index in [2.05, 4.69) is 10.2 Å². The number of nitrogens with one attached hydrogen (secondary N) is 1. The molecule has 0 radical (unpaired) electrons. The zero-order valence-electron chi connectivity index (χ0n) is 25.5. The van der Waals surface area contributed by atoms with Crippen molar-refractivity contribution in [2.45, 2.75) is 76.2 Å². The smallest absolute Gasteiger partial charge is 0.420 e. The molecule has 4 aliphatic heterocycles. The molecule has 0 aliphatic carbocycles. The molecule has 4 amide bonds. The largest absolute Gasteiger partial charge is 0.506 e. The van der Waals surface area contributed by atoms with Crippen molar-refractivity contribution in [2.24, 2.45) is 5.92 Å². The highest BCUT2D eigenvalue weighted by Gasteiger charge is 2.38. The Morgan fingerprint density at radius 1 is 1.00 bits per heavy atom. The number of alkyl halides is 3. The molecule has 1 atom stereocenters. The number of benzene rings is 1. The number of anilines is 1. The molecule has 1 aromatic carbocycles. The molecule has 3 fully saturated rings. The summed E-state index contributed by atoms with van der Waals surface area (Å²) in [5.41, 5.74) is -0.0647. The van der Waals surface area contributed by atoms with Crippen molar-refractivity contribution in [2.75, 3.05) is 44.6 Å². The maximum absolute atomic E-state index is 13.9. The fraction of sp³-hybridized carbons (Fsp3) is 0.594. The molecule has 0 bridgehead atoms. The summed E-state index contributed by atoms with van der Waals surface area (Å²) in [6.07, 6.45) is 0.0583. The van der Waals surface area contributed by atoms with Crippen LogP contribution in [0.4, 0.5) is 23.0 Å². The van der Waals surface area contributed by atoms with Gasteiger partial charge < -0.3 is 24.7 Å². The minimum Gasteiger partial charge on any atom is -0.506 e. The number of urea groups is 1. The Kier molecular flexibility index (Phi) is 9.73. The minimum absolute atomic E-state index is 0.0358. The van der Waals surface area contributed by atoms with Crippen LogP contribution in [0.1, 0.15) is 61.6 Å². The number of rotatable bonds is 7. The molecule has 5 heterocycles. The Balaban J connectivity index is 1.13. The summed E-state index contributed by atoms with van der Waals surface area (Å²) in [6.45, 7) is 4.53. The number of fused-ring (bicyclic) bond motifs is 1. The highest BCUT2D eigenvalue weighted by Crippen LogP contribution is 2.41. The first-order valence-electron chi connectivity index (χ1n) is 16.0. The van der Waals surface area contributed by atoms with E-state index in [4.69, 9.17) is 11.6 Å². The first-order chi connectivity index (χ1) is 22.0. The predicted molar refractivity (Wildman–Crippen MR) is 169 cm³/mol. The van der Waals surface area contributed by atoms with E-state index >= 15 is 0 Å². The van der Waals surface area contributed by atoms with Crippen LogP contribution in [0.2, 0.25) is 5.02 Å². The average molecular weight is 682 g/mol. The fourth-order valence-electron chi connectivity index (χ4n) is 7.39. The number of aromatic hydroxyl groups is 1. The van der Waals surface area contributed by atoms with Crippen molar-refractivity contribution < 1.29 is 32.7 Å². The van der Waals surface area contributed by atoms with Gasteiger partial charge in [-0.1, -0.05) is 11.6 Å². The molecule has 14 heteroatoms. The number of thiophene rings is 1. The third-order valence-corrected chi connectivity index (χ3v) is 11.1. The molecule has 0 unspecified atom stereocenters. The van der Waals surface area contributed by atoms with Gasteiger partial charge >= 0.3 is 12.2 Å². The van der Waals surface area contributed by atoms with Gasteiger partial charge in [0.05, 0.1) is 23.0 Å². The quantitative estimate of drug-likeness (QED) is 0.385. The van der Waals surface area contributed by atoms with Crippen molar-refractivity contribution in [3.63, 3.8) is 0 Å². The first-order valence-corrected chi connectivity index (χ1v) is 17.3. The number of carbonyl (C=O) groups is 3. The van der Waals surface area contributed by atoms with Gasteiger partial charge in [0.1, 0.15) is 10.8 Å². The average Bonchev–Trinajstić information content (AvgIpc) is 3.74. The second-order valence-corrected chi connectivity index (χ2v) is 14.1. The fourth-order valence-corrected chi connectivity index (χ4v) is 8.43. The normalized spacial score (nSPS) is 21.0. The molecule has 250 valence electrons. The number of likely N-dealkylation sites (tertiary alicyclic amines) is 3. The maximum atomic E-state index is 13.9. The monoisotopic (exact) mass is 681 g/mol. The lowest BCUT2D eigenvalue weighted by Crippen LogP contribution is -2.51. The van der Waals surface area contributed by atoms with E-state index in [9.17, 15) is 32.7 Å². The Labute approximate surface area is 275 Å². The van der Waals surface area contributed by atoms with Crippen LogP contribution in [0.3, 0.4) is 0 Å². The number of piperidine rings is 2. The third-order valence-electron chi connectivity index (χ3n) is 9.94. The molecule has 6 rings (SSSR count). The zero-order valence-corrected chi connectivity index (χ0v) is 27.1. The predicted octanol–water partition coefficient (Wildman–Crippen LogP) is 5.80. The van der Waals surface area contributed by atoms with E-state index in [1.54, 1.807) is 9.80 Å². The number of hydrogen-bond acceptors (Lipinski definition) is 6. The van der Waals surface area contributed by atoms with Gasteiger partial charge in [0, 0.05) is 50.2 Å². The van der Waals surface area contributed by atoms with Crippen LogP contribution in [0, 0.1) is 5.92 Å². The number of halogens is 4.